The first-order chi connectivity index (χ1) is 15.5. The number of carbonyl (C=O) groups is 1. The van der Waals surface area contributed by atoms with Crippen molar-refractivity contribution in [3.63, 3.8) is 0 Å². The lowest BCUT2D eigenvalue weighted by Gasteiger charge is -2.38. The van der Waals surface area contributed by atoms with Gasteiger partial charge in [0.2, 0.25) is 5.88 Å². The van der Waals surface area contributed by atoms with E-state index in [1.54, 1.807) is 48.7 Å². The Labute approximate surface area is 182 Å². The number of hydrogen-bond acceptors (Lipinski definition) is 5. The van der Waals surface area contributed by atoms with Crippen LogP contribution >= 0.6 is 0 Å². The van der Waals surface area contributed by atoms with Gasteiger partial charge in [0.1, 0.15) is 0 Å². The number of carbonyl (C=O) groups excluding carboxylic acids is 1. The van der Waals surface area contributed by atoms with Gasteiger partial charge in [0.15, 0.2) is 18.3 Å². The number of amides is 1. The molecule has 6 nitrogen and oxygen atoms in total. The molecule has 1 aliphatic heterocycles. The van der Waals surface area contributed by atoms with Crippen LogP contribution in [-0.2, 0) is 0 Å². The summed E-state index contributed by atoms with van der Waals surface area (Å²) in [5, 5.41) is 0.888. The molecule has 0 N–H and O–H groups in total. The number of hydrogen-bond donors (Lipinski definition) is 0. The van der Waals surface area contributed by atoms with Gasteiger partial charge in [0.25, 0.3) is 11.8 Å². The Morgan fingerprint density at radius 1 is 1.12 bits per heavy atom. The van der Waals surface area contributed by atoms with E-state index in [2.05, 4.69) is 9.97 Å². The van der Waals surface area contributed by atoms with Gasteiger partial charge in [-0.25, -0.2) is 18.7 Å². The maximum Gasteiger partial charge on any atom is 0.287 e. The first kappa shape index (κ1) is 20.1. The lowest BCUT2D eigenvalue weighted by Crippen LogP contribution is -2.55. The van der Waals surface area contributed by atoms with Crippen LogP contribution in [0.25, 0.3) is 22.2 Å². The standard InChI is InChI=1S/C24H19F2N3O3/c25-24(26)10-11-29(23(30)18-6-3-5-17(12-18)20-13-27-15-31-20)14-21(24)32-22-9-8-16-4-1-2-7-19(16)28-22/h1-9,12-13,15,21H,10-11,14H2. The molecule has 1 saturated heterocycles. The highest BCUT2D eigenvalue weighted by Crippen LogP contribution is 2.32. The van der Waals surface area contributed by atoms with E-state index < -0.39 is 18.4 Å². The largest absolute Gasteiger partial charge is 0.466 e. The second-order valence-corrected chi connectivity index (χ2v) is 7.66. The number of nitrogens with zero attached hydrogens (tertiary/aromatic N) is 3. The van der Waals surface area contributed by atoms with Gasteiger partial charge in [0, 0.05) is 35.5 Å². The fraction of sp³-hybridized carbons (Fsp3) is 0.208. The number of pyridine rings is 1. The molecule has 2 aromatic carbocycles. The molecule has 0 bridgehead atoms. The fourth-order valence-corrected chi connectivity index (χ4v) is 3.78. The van der Waals surface area contributed by atoms with Crippen LogP contribution in [0.2, 0.25) is 0 Å². The Balaban J connectivity index is 1.36. The number of alkyl halides is 2. The lowest BCUT2D eigenvalue weighted by molar-refractivity contribution is -0.131. The summed E-state index contributed by atoms with van der Waals surface area (Å²) in [6, 6.07) is 17.5. The summed E-state index contributed by atoms with van der Waals surface area (Å²) in [7, 11) is 0. The van der Waals surface area contributed by atoms with Gasteiger partial charge in [-0.2, -0.15) is 0 Å². The third kappa shape index (κ3) is 3.91. The summed E-state index contributed by atoms with van der Waals surface area (Å²) < 4.78 is 40.2. The van der Waals surface area contributed by atoms with Gasteiger partial charge >= 0.3 is 0 Å². The van der Waals surface area contributed by atoms with Crippen LogP contribution in [0, 0.1) is 0 Å². The molecule has 4 aromatic rings. The zero-order valence-electron chi connectivity index (χ0n) is 16.9. The molecule has 0 spiro atoms. The molecule has 3 heterocycles. The van der Waals surface area contributed by atoms with Gasteiger partial charge in [-0.05, 0) is 24.3 Å². The summed E-state index contributed by atoms with van der Waals surface area (Å²) in [5.74, 6) is -2.79. The van der Waals surface area contributed by atoms with Crippen molar-refractivity contribution < 1.29 is 22.7 Å². The number of halogens is 2. The molecule has 2 aromatic heterocycles. The van der Waals surface area contributed by atoms with E-state index in [4.69, 9.17) is 9.15 Å². The first-order valence-corrected chi connectivity index (χ1v) is 10.2. The predicted octanol–water partition coefficient (Wildman–Crippen LogP) is 4.82. The highest BCUT2D eigenvalue weighted by Gasteiger charge is 2.47. The third-order valence-corrected chi connectivity index (χ3v) is 5.52. The van der Waals surface area contributed by atoms with Crippen molar-refractivity contribution >= 4 is 16.8 Å². The van der Waals surface area contributed by atoms with E-state index in [-0.39, 0.29) is 24.9 Å². The summed E-state index contributed by atoms with van der Waals surface area (Å²) in [4.78, 5) is 22.7. The Morgan fingerprint density at radius 2 is 2.00 bits per heavy atom. The van der Waals surface area contributed by atoms with Crippen molar-refractivity contribution in [2.45, 2.75) is 18.4 Å². The van der Waals surface area contributed by atoms with Crippen molar-refractivity contribution in [3.8, 4) is 17.2 Å². The average Bonchev–Trinajstić information content (AvgIpc) is 3.35. The molecule has 1 fully saturated rings. The highest BCUT2D eigenvalue weighted by atomic mass is 19.3. The average molecular weight is 435 g/mol. The number of ether oxygens (including phenoxy) is 1. The molecule has 1 aliphatic rings. The van der Waals surface area contributed by atoms with Crippen LogP contribution in [-0.4, -0.2) is 45.9 Å². The van der Waals surface area contributed by atoms with Crippen molar-refractivity contribution in [3.05, 3.63) is 78.8 Å². The lowest BCUT2D eigenvalue weighted by atomic mass is 10.0. The van der Waals surface area contributed by atoms with Gasteiger partial charge in [-0.15, -0.1) is 0 Å². The number of likely N-dealkylation sites (tertiary alicyclic amines) is 1. The minimum Gasteiger partial charge on any atom is -0.466 e. The summed E-state index contributed by atoms with van der Waals surface area (Å²) in [6.07, 6.45) is 0.870. The number of fused-ring (bicyclic) bond motifs is 1. The molecule has 32 heavy (non-hydrogen) atoms. The molecule has 1 unspecified atom stereocenters. The molecule has 0 aliphatic carbocycles. The van der Waals surface area contributed by atoms with Crippen LogP contribution in [0.1, 0.15) is 16.8 Å². The Bertz CT molecular complexity index is 1260. The van der Waals surface area contributed by atoms with E-state index in [0.717, 1.165) is 5.39 Å². The smallest absolute Gasteiger partial charge is 0.287 e. The van der Waals surface area contributed by atoms with Gasteiger partial charge in [0.05, 0.1) is 18.3 Å². The van der Waals surface area contributed by atoms with Crippen molar-refractivity contribution in [1.29, 1.82) is 0 Å². The van der Waals surface area contributed by atoms with Gasteiger partial charge in [-0.3, -0.25) is 4.79 Å². The second-order valence-electron chi connectivity index (χ2n) is 7.66. The van der Waals surface area contributed by atoms with E-state index in [9.17, 15) is 13.6 Å². The van der Waals surface area contributed by atoms with E-state index in [1.165, 1.54) is 11.3 Å². The summed E-state index contributed by atoms with van der Waals surface area (Å²) in [5.41, 5.74) is 1.72. The molecule has 1 amide bonds. The Kier molecular flexibility index (Phi) is 5.05. The van der Waals surface area contributed by atoms with Gasteiger partial charge in [-0.1, -0.05) is 30.3 Å². The minimum atomic E-state index is -3.08. The number of oxazole rings is 1. The topological polar surface area (TPSA) is 68.5 Å². The third-order valence-electron chi connectivity index (χ3n) is 5.52. The number of benzene rings is 2. The molecular formula is C24H19F2N3O3. The fourth-order valence-electron chi connectivity index (χ4n) is 3.78. The van der Waals surface area contributed by atoms with Crippen LogP contribution < -0.4 is 4.74 Å². The molecule has 162 valence electrons. The van der Waals surface area contributed by atoms with Gasteiger partial charge < -0.3 is 14.1 Å². The second kappa shape index (κ2) is 8.03. The summed E-state index contributed by atoms with van der Waals surface area (Å²) in [6.45, 7) is -0.309. The quantitative estimate of drug-likeness (QED) is 0.460. The minimum absolute atomic E-state index is 0.0661. The zero-order valence-corrected chi connectivity index (χ0v) is 16.9. The van der Waals surface area contributed by atoms with Crippen LogP contribution in [0.15, 0.2) is 77.7 Å². The van der Waals surface area contributed by atoms with Crippen LogP contribution in [0.5, 0.6) is 5.88 Å². The number of rotatable bonds is 4. The van der Waals surface area contributed by atoms with Crippen molar-refractivity contribution in [2.75, 3.05) is 13.1 Å². The molecule has 0 radical (unpaired) electrons. The number of aromatic nitrogens is 2. The maximum atomic E-state index is 14.6. The molecule has 0 saturated carbocycles. The Hall–Kier alpha value is -3.81. The zero-order chi connectivity index (χ0) is 22.1. The van der Waals surface area contributed by atoms with E-state index >= 15 is 0 Å². The van der Waals surface area contributed by atoms with E-state index in [1.807, 2.05) is 18.2 Å². The normalized spacial score (nSPS) is 17.9. The monoisotopic (exact) mass is 435 g/mol. The van der Waals surface area contributed by atoms with Crippen LogP contribution in [0.4, 0.5) is 8.78 Å². The Morgan fingerprint density at radius 3 is 2.84 bits per heavy atom. The maximum absolute atomic E-state index is 14.6. The van der Waals surface area contributed by atoms with Crippen LogP contribution in [0.3, 0.4) is 0 Å². The molecule has 1 atom stereocenters. The van der Waals surface area contributed by atoms with Crippen molar-refractivity contribution in [1.82, 2.24) is 14.9 Å². The predicted molar refractivity (Wildman–Crippen MR) is 114 cm³/mol. The van der Waals surface area contributed by atoms with Crippen molar-refractivity contribution in [2.24, 2.45) is 0 Å². The molecule has 8 heteroatoms. The van der Waals surface area contributed by atoms with E-state index in [0.29, 0.717) is 22.4 Å². The highest BCUT2D eigenvalue weighted by molar-refractivity contribution is 5.95. The molecule has 5 rings (SSSR count). The SMILES string of the molecule is O=C(c1cccc(-c2cnco2)c1)N1CCC(F)(F)C(Oc2ccc3ccccc3n2)C1. The first-order valence-electron chi connectivity index (χ1n) is 10.2. The summed E-state index contributed by atoms with van der Waals surface area (Å²) >= 11 is 0. The number of para-hydroxylation sites is 1. The number of piperidine rings is 1. The molecular weight excluding hydrogens is 416 g/mol.